The molecule has 0 spiro atoms. The summed E-state index contributed by atoms with van der Waals surface area (Å²) in [5.74, 6) is 1.05. The lowest BCUT2D eigenvalue weighted by Crippen LogP contribution is -2.17. The predicted molar refractivity (Wildman–Crippen MR) is 95.5 cm³/mol. The number of hydrogen-bond acceptors (Lipinski definition) is 5. The van der Waals surface area contributed by atoms with E-state index in [-0.39, 0.29) is 19.3 Å². The van der Waals surface area contributed by atoms with Gasteiger partial charge in [-0.15, -0.1) is 0 Å². The zero-order chi connectivity index (χ0) is 17.8. The average molecular weight is 361 g/mol. The number of fused-ring (bicyclic) bond motifs is 1. The summed E-state index contributed by atoms with van der Waals surface area (Å²) < 4.78 is 10.6. The first-order chi connectivity index (χ1) is 12.0. The highest BCUT2D eigenvalue weighted by Gasteiger charge is 2.14. The fraction of sp³-hybridized carbons (Fsp3) is 0.222. The van der Waals surface area contributed by atoms with Gasteiger partial charge in [0.25, 0.3) is 5.91 Å². The second kappa shape index (κ2) is 7.44. The first kappa shape index (κ1) is 17.1. The summed E-state index contributed by atoms with van der Waals surface area (Å²) in [6.45, 7) is 3.70. The van der Waals surface area contributed by atoms with Gasteiger partial charge in [-0.05, 0) is 49.7 Å². The number of nitrogens with one attached hydrogen (secondary N) is 1. The van der Waals surface area contributed by atoms with Crippen molar-refractivity contribution >= 4 is 28.9 Å². The number of oxime groups is 1. The fourth-order valence-electron chi connectivity index (χ4n) is 2.23. The molecular formula is C18H17ClN2O4. The van der Waals surface area contributed by atoms with Crippen LogP contribution in [0.25, 0.3) is 0 Å². The lowest BCUT2D eigenvalue weighted by molar-refractivity contribution is -0.120. The van der Waals surface area contributed by atoms with Gasteiger partial charge < -0.3 is 19.6 Å². The highest BCUT2D eigenvalue weighted by molar-refractivity contribution is 6.31. The molecule has 0 atom stereocenters. The number of amides is 1. The van der Waals surface area contributed by atoms with Crippen molar-refractivity contribution in [2.24, 2.45) is 5.16 Å². The van der Waals surface area contributed by atoms with E-state index in [1.807, 2.05) is 31.2 Å². The molecule has 1 aliphatic heterocycles. The minimum Gasteiger partial charge on any atom is -0.454 e. The third-order valence-electron chi connectivity index (χ3n) is 3.64. The van der Waals surface area contributed by atoms with E-state index < -0.39 is 0 Å². The van der Waals surface area contributed by atoms with Crippen molar-refractivity contribution in [3.05, 3.63) is 52.5 Å². The van der Waals surface area contributed by atoms with Crippen molar-refractivity contribution in [2.45, 2.75) is 13.8 Å². The number of hydrogen-bond donors (Lipinski definition) is 1. The van der Waals surface area contributed by atoms with Crippen molar-refractivity contribution in [3.8, 4) is 11.5 Å². The minimum absolute atomic E-state index is 0.201. The first-order valence-electron chi connectivity index (χ1n) is 7.65. The number of carbonyl (C=O) groups is 1. The van der Waals surface area contributed by atoms with Crippen LogP contribution >= 0.6 is 11.6 Å². The van der Waals surface area contributed by atoms with Gasteiger partial charge in [-0.3, -0.25) is 4.79 Å². The molecule has 0 saturated carbocycles. The minimum atomic E-state index is -0.317. The maximum atomic E-state index is 11.9. The Bertz CT molecular complexity index is 836. The number of aryl methyl sites for hydroxylation is 1. The molecule has 0 fully saturated rings. The van der Waals surface area contributed by atoms with E-state index in [1.165, 1.54) is 0 Å². The molecule has 3 rings (SSSR count). The molecule has 1 N–H and O–H groups in total. The lowest BCUT2D eigenvalue weighted by atomic mass is 10.1. The van der Waals surface area contributed by atoms with E-state index in [0.29, 0.717) is 27.9 Å². The highest BCUT2D eigenvalue weighted by atomic mass is 35.5. The Balaban J connectivity index is 1.54. The van der Waals surface area contributed by atoms with E-state index >= 15 is 0 Å². The molecule has 2 aromatic carbocycles. The van der Waals surface area contributed by atoms with Crippen LogP contribution in [0.15, 0.2) is 41.6 Å². The molecule has 0 radical (unpaired) electrons. The van der Waals surface area contributed by atoms with Gasteiger partial charge in [0.05, 0.1) is 5.71 Å². The van der Waals surface area contributed by atoms with E-state index in [4.69, 9.17) is 25.9 Å². The monoisotopic (exact) mass is 360 g/mol. The summed E-state index contributed by atoms with van der Waals surface area (Å²) in [5, 5.41) is 7.26. The SMILES string of the molecule is C/C(=N\OCC(=O)Nc1ccc(C)c(Cl)c1)c1ccc2c(c1)OCO2. The van der Waals surface area contributed by atoms with Crippen LogP contribution in [0.4, 0.5) is 5.69 Å². The highest BCUT2D eigenvalue weighted by Crippen LogP contribution is 2.32. The number of ether oxygens (including phenoxy) is 2. The van der Waals surface area contributed by atoms with Crippen LogP contribution in [0.5, 0.6) is 11.5 Å². The standard InChI is InChI=1S/C18H17ClN2O4/c1-11-3-5-14(8-15(11)19)20-18(22)9-25-21-12(2)13-4-6-16-17(7-13)24-10-23-16/h3-8H,9-10H2,1-2H3,(H,20,22)/b21-12+. The maximum absolute atomic E-state index is 11.9. The predicted octanol–water partition coefficient (Wildman–Crippen LogP) is 3.76. The van der Waals surface area contributed by atoms with Gasteiger partial charge in [0.15, 0.2) is 18.1 Å². The topological polar surface area (TPSA) is 69.2 Å². The number of benzene rings is 2. The smallest absolute Gasteiger partial charge is 0.265 e. The third-order valence-corrected chi connectivity index (χ3v) is 4.05. The van der Waals surface area contributed by atoms with Crippen LogP contribution < -0.4 is 14.8 Å². The van der Waals surface area contributed by atoms with Crippen LogP contribution in [0.2, 0.25) is 5.02 Å². The van der Waals surface area contributed by atoms with Gasteiger partial charge in [-0.1, -0.05) is 22.8 Å². The second-order valence-electron chi connectivity index (χ2n) is 5.53. The Morgan fingerprint density at radius 3 is 2.84 bits per heavy atom. The molecule has 7 heteroatoms. The molecular weight excluding hydrogens is 344 g/mol. The number of anilines is 1. The average Bonchev–Trinajstić information content (AvgIpc) is 3.05. The largest absolute Gasteiger partial charge is 0.454 e. The van der Waals surface area contributed by atoms with Gasteiger partial charge in [0, 0.05) is 16.3 Å². The van der Waals surface area contributed by atoms with Crippen molar-refractivity contribution in [2.75, 3.05) is 18.7 Å². The van der Waals surface area contributed by atoms with Crippen molar-refractivity contribution in [3.63, 3.8) is 0 Å². The second-order valence-corrected chi connectivity index (χ2v) is 5.94. The van der Waals surface area contributed by atoms with Gasteiger partial charge in [0.2, 0.25) is 6.79 Å². The van der Waals surface area contributed by atoms with Gasteiger partial charge in [-0.2, -0.15) is 0 Å². The Labute approximate surface area is 150 Å². The molecule has 0 aromatic heterocycles. The summed E-state index contributed by atoms with van der Waals surface area (Å²) in [4.78, 5) is 17.0. The molecule has 0 aliphatic carbocycles. The van der Waals surface area contributed by atoms with Crippen LogP contribution in [-0.2, 0) is 9.63 Å². The summed E-state index contributed by atoms with van der Waals surface area (Å²) in [7, 11) is 0. The van der Waals surface area contributed by atoms with Crippen LogP contribution in [0, 0.1) is 6.92 Å². The quantitative estimate of drug-likeness (QED) is 0.651. The Hall–Kier alpha value is -2.73. The zero-order valence-corrected chi connectivity index (χ0v) is 14.6. The van der Waals surface area contributed by atoms with Crippen molar-refractivity contribution < 1.29 is 19.1 Å². The number of rotatable bonds is 5. The van der Waals surface area contributed by atoms with Crippen molar-refractivity contribution in [1.29, 1.82) is 0 Å². The first-order valence-corrected chi connectivity index (χ1v) is 8.03. The van der Waals surface area contributed by atoms with Crippen molar-refractivity contribution in [1.82, 2.24) is 0 Å². The van der Waals surface area contributed by atoms with Crippen LogP contribution in [0.3, 0.4) is 0 Å². The molecule has 130 valence electrons. The van der Waals surface area contributed by atoms with Gasteiger partial charge >= 0.3 is 0 Å². The third kappa shape index (κ3) is 4.22. The Kier molecular flexibility index (Phi) is 5.09. The molecule has 25 heavy (non-hydrogen) atoms. The number of nitrogens with zero attached hydrogens (tertiary/aromatic N) is 1. The summed E-state index contributed by atoms with van der Waals surface area (Å²) in [6, 6.07) is 10.8. The molecule has 0 saturated heterocycles. The Morgan fingerprint density at radius 2 is 2.04 bits per heavy atom. The van der Waals surface area contributed by atoms with E-state index in [9.17, 15) is 4.79 Å². The molecule has 6 nitrogen and oxygen atoms in total. The zero-order valence-electron chi connectivity index (χ0n) is 13.8. The molecule has 1 heterocycles. The molecule has 0 unspecified atom stereocenters. The van der Waals surface area contributed by atoms with Gasteiger partial charge in [-0.25, -0.2) is 0 Å². The van der Waals surface area contributed by atoms with E-state index in [2.05, 4.69) is 10.5 Å². The lowest BCUT2D eigenvalue weighted by Gasteiger charge is -2.07. The normalized spacial score (nSPS) is 12.8. The molecule has 0 bridgehead atoms. The Morgan fingerprint density at radius 1 is 1.24 bits per heavy atom. The van der Waals surface area contributed by atoms with Crippen LogP contribution in [-0.4, -0.2) is 25.0 Å². The maximum Gasteiger partial charge on any atom is 0.265 e. The summed E-state index contributed by atoms with van der Waals surface area (Å²) >= 11 is 6.03. The van der Waals surface area contributed by atoms with Crippen LogP contribution in [0.1, 0.15) is 18.1 Å². The summed E-state index contributed by atoms with van der Waals surface area (Å²) in [5.41, 5.74) is 3.01. The molecule has 1 aliphatic rings. The number of halogens is 1. The number of carbonyl (C=O) groups excluding carboxylic acids is 1. The van der Waals surface area contributed by atoms with E-state index in [1.54, 1.807) is 19.1 Å². The molecule has 2 aromatic rings. The van der Waals surface area contributed by atoms with Gasteiger partial charge in [0.1, 0.15) is 0 Å². The summed E-state index contributed by atoms with van der Waals surface area (Å²) in [6.07, 6.45) is 0. The molecule has 1 amide bonds. The fourth-order valence-corrected chi connectivity index (χ4v) is 2.41. The van der Waals surface area contributed by atoms with E-state index in [0.717, 1.165) is 11.1 Å².